The summed E-state index contributed by atoms with van der Waals surface area (Å²) in [5.41, 5.74) is 2.47. The van der Waals surface area contributed by atoms with E-state index in [0.717, 1.165) is 34.5 Å². The van der Waals surface area contributed by atoms with Crippen LogP contribution >= 0.6 is 27.3 Å². The van der Waals surface area contributed by atoms with Crippen LogP contribution in [0.25, 0.3) is 0 Å². The Morgan fingerprint density at radius 2 is 2.05 bits per heavy atom. The minimum Gasteiger partial charge on any atom is -0.495 e. The lowest BCUT2D eigenvalue weighted by Gasteiger charge is -2.22. The Morgan fingerprint density at radius 3 is 2.62 bits per heavy atom. The average Bonchev–Trinajstić information content (AvgIpc) is 2.99. The highest BCUT2D eigenvalue weighted by Crippen LogP contribution is 2.40. The summed E-state index contributed by atoms with van der Waals surface area (Å²) in [6, 6.07) is 6.42. The quantitative estimate of drug-likeness (QED) is 0.783. The van der Waals surface area contributed by atoms with Crippen molar-refractivity contribution >= 4 is 27.3 Å². The van der Waals surface area contributed by atoms with E-state index in [1.165, 1.54) is 5.56 Å². The molecule has 0 aliphatic carbocycles. The van der Waals surface area contributed by atoms with Gasteiger partial charge in [-0.25, -0.2) is 0 Å². The van der Waals surface area contributed by atoms with Crippen LogP contribution in [-0.2, 0) is 6.42 Å². The number of hydrogen-bond acceptors (Lipinski definition) is 4. The van der Waals surface area contributed by atoms with E-state index in [0.29, 0.717) is 0 Å². The van der Waals surface area contributed by atoms with Gasteiger partial charge in [0.1, 0.15) is 16.0 Å². The molecule has 0 bridgehead atoms. The summed E-state index contributed by atoms with van der Waals surface area (Å²) in [5.74, 6) is 1.61. The summed E-state index contributed by atoms with van der Waals surface area (Å²) in [6.07, 6.45) is 0.937. The predicted molar refractivity (Wildman–Crippen MR) is 91.7 cm³/mol. The molecule has 0 fully saturated rings. The number of nitrogens with one attached hydrogen (secondary N) is 1. The van der Waals surface area contributed by atoms with Crippen LogP contribution in [0.15, 0.2) is 33.4 Å². The number of benzene rings is 1. The van der Waals surface area contributed by atoms with Crippen molar-refractivity contribution in [2.45, 2.75) is 19.4 Å². The van der Waals surface area contributed by atoms with Crippen molar-refractivity contribution in [3.05, 3.63) is 44.6 Å². The summed E-state index contributed by atoms with van der Waals surface area (Å²) in [4.78, 5) is 0. The van der Waals surface area contributed by atoms with E-state index < -0.39 is 0 Å². The zero-order valence-corrected chi connectivity index (χ0v) is 14.9. The van der Waals surface area contributed by atoms with Crippen LogP contribution in [-0.4, -0.2) is 20.8 Å². The van der Waals surface area contributed by atoms with Crippen molar-refractivity contribution in [2.75, 3.05) is 20.8 Å². The summed E-state index contributed by atoms with van der Waals surface area (Å²) >= 11 is 5.30. The lowest BCUT2D eigenvalue weighted by Crippen LogP contribution is -2.23. The molecule has 1 atom stereocenters. The normalized spacial score (nSPS) is 12.2. The highest BCUT2D eigenvalue weighted by atomic mass is 79.9. The molecule has 0 saturated carbocycles. The molecule has 0 spiro atoms. The van der Waals surface area contributed by atoms with Crippen LogP contribution in [0, 0.1) is 0 Å². The molecule has 0 saturated heterocycles. The van der Waals surface area contributed by atoms with Gasteiger partial charge in [-0.1, -0.05) is 6.92 Å². The highest BCUT2D eigenvalue weighted by molar-refractivity contribution is 9.10. The molecule has 1 heterocycles. The Morgan fingerprint density at radius 1 is 1.24 bits per heavy atom. The van der Waals surface area contributed by atoms with Crippen LogP contribution in [0.4, 0.5) is 0 Å². The Balaban J connectivity index is 2.37. The molecule has 1 aromatic heterocycles. The van der Waals surface area contributed by atoms with Crippen LogP contribution in [0.1, 0.15) is 24.1 Å². The minimum absolute atomic E-state index is 0.210. The minimum atomic E-state index is 0.210. The van der Waals surface area contributed by atoms with Gasteiger partial charge in [0.25, 0.3) is 0 Å². The number of halogens is 1. The number of methoxy groups -OCH3 is 2. The smallest absolute Gasteiger partial charge is 0.141 e. The highest BCUT2D eigenvalue weighted by Gasteiger charge is 2.20. The molecular formula is C16H20BrNO2S. The van der Waals surface area contributed by atoms with Crippen LogP contribution in [0.2, 0.25) is 0 Å². The first-order valence-electron chi connectivity index (χ1n) is 6.86. The molecule has 21 heavy (non-hydrogen) atoms. The third kappa shape index (κ3) is 3.78. The summed E-state index contributed by atoms with van der Waals surface area (Å²) in [6.45, 7) is 3.02. The fraction of sp³-hybridized carbons (Fsp3) is 0.375. The fourth-order valence-corrected chi connectivity index (χ4v) is 3.74. The van der Waals surface area contributed by atoms with E-state index in [9.17, 15) is 0 Å². The summed E-state index contributed by atoms with van der Waals surface area (Å²) in [5, 5.41) is 7.84. The van der Waals surface area contributed by atoms with E-state index in [4.69, 9.17) is 9.47 Å². The third-order valence-corrected chi connectivity index (χ3v) is 4.85. The van der Waals surface area contributed by atoms with E-state index in [1.54, 1.807) is 25.6 Å². The second-order valence-corrected chi connectivity index (χ2v) is 6.22. The third-order valence-electron chi connectivity index (χ3n) is 3.36. The van der Waals surface area contributed by atoms with Crippen LogP contribution < -0.4 is 14.8 Å². The zero-order chi connectivity index (χ0) is 15.2. The number of thiophene rings is 1. The zero-order valence-electron chi connectivity index (χ0n) is 12.5. The molecule has 0 aliphatic rings. The van der Waals surface area contributed by atoms with E-state index >= 15 is 0 Å². The standard InChI is InChI=1S/C16H20BrNO2S/c1-4-18-13(9-11-7-8-21-10-11)12-5-6-14(19-2)15(17)16(12)20-3/h5-8,10,13,18H,4,9H2,1-3H3. The Kier molecular flexibility index (Phi) is 6.08. The van der Waals surface area contributed by atoms with Crippen molar-refractivity contribution in [3.8, 4) is 11.5 Å². The number of rotatable bonds is 7. The first kappa shape index (κ1) is 16.3. The van der Waals surface area contributed by atoms with Gasteiger partial charge < -0.3 is 14.8 Å². The maximum atomic E-state index is 5.60. The van der Waals surface area contributed by atoms with Gasteiger partial charge in [0, 0.05) is 11.6 Å². The Bertz CT molecular complexity index is 572. The van der Waals surface area contributed by atoms with Crippen molar-refractivity contribution in [3.63, 3.8) is 0 Å². The molecule has 1 aromatic carbocycles. The maximum absolute atomic E-state index is 5.60. The second-order valence-electron chi connectivity index (χ2n) is 4.65. The number of likely N-dealkylation sites (N-methyl/N-ethyl adjacent to an activating group) is 1. The fourth-order valence-electron chi connectivity index (χ4n) is 2.38. The molecule has 2 rings (SSSR count). The monoisotopic (exact) mass is 369 g/mol. The molecule has 5 heteroatoms. The van der Waals surface area contributed by atoms with Gasteiger partial charge in [0.15, 0.2) is 0 Å². The van der Waals surface area contributed by atoms with E-state index in [-0.39, 0.29) is 6.04 Å². The first-order valence-corrected chi connectivity index (χ1v) is 8.59. The van der Waals surface area contributed by atoms with Crippen molar-refractivity contribution in [2.24, 2.45) is 0 Å². The number of ether oxygens (including phenoxy) is 2. The molecule has 2 aromatic rings. The Hall–Kier alpha value is -1.04. The van der Waals surface area contributed by atoms with Gasteiger partial charge in [-0.15, -0.1) is 0 Å². The molecular weight excluding hydrogens is 350 g/mol. The number of hydrogen-bond donors (Lipinski definition) is 1. The van der Waals surface area contributed by atoms with Gasteiger partial charge in [-0.2, -0.15) is 11.3 Å². The van der Waals surface area contributed by atoms with Crippen LogP contribution in [0.5, 0.6) is 11.5 Å². The van der Waals surface area contributed by atoms with Gasteiger partial charge >= 0.3 is 0 Å². The average molecular weight is 370 g/mol. The van der Waals surface area contributed by atoms with Gasteiger partial charge in [0.2, 0.25) is 0 Å². The van der Waals surface area contributed by atoms with Gasteiger partial charge in [-0.3, -0.25) is 0 Å². The summed E-state index contributed by atoms with van der Waals surface area (Å²) in [7, 11) is 3.35. The summed E-state index contributed by atoms with van der Waals surface area (Å²) < 4.78 is 11.8. The van der Waals surface area contributed by atoms with Gasteiger partial charge in [0.05, 0.1) is 14.2 Å². The molecule has 1 unspecified atom stereocenters. The maximum Gasteiger partial charge on any atom is 0.141 e. The Labute approximate surface area is 138 Å². The molecule has 3 nitrogen and oxygen atoms in total. The predicted octanol–water partition coefficient (Wildman–Crippen LogP) is 4.42. The molecule has 1 N–H and O–H groups in total. The van der Waals surface area contributed by atoms with Crippen molar-refractivity contribution in [1.82, 2.24) is 5.32 Å². The molecule has 0 radical (unpaired) electrons. The molecule has 0 amide bonds. The van der Waals surface area contributed by atoms with Crippen molar-refractivity contribution in [1.29, 1.82) is 0 Å². The lowest BCUT2D eigenvalue weighted by molar-refractivity contribution is 0.379. The van der Waals surface area contributed by atoms with Crippen LogP contribution in [0.3, 0.4) is 0 Å². The van der Waals surface area contributed by atoms with E-state index in [2.05, 4.69) is 51.1 Å². The van der Waals surface area contributed by atoms with E-state index in [1.807, 2.05) is 6.07 Å². The first-order chi connectivity index (χ1) is 10.2. The second kappa shape index (κ2) is 7.82. The molecule has 0 aliphatic heterocycles. The largest absolute Gasteiger partial charge is 0.495 e. The molecule has 114 valence electrons. The lowest BCUT2D eigenvalue weighted by atomic mass is 9.99. The SMILES string of the molecule is CCNC(Cc1ccsc1)c1ccc(OC)c(Br)c1OC. The topological polar surface area (TPSA) is 30.5 Å². The van der Waals surface area contributed by atoms with Gasteiger partial charge in [-0.05, 0) is 63.4 Å². The van der Waals surface area contributed by atoms with Crippen molar-refractivity contribution < 1.29 is 9.47 Å².